The highest BCUT2D eigenvalue weighted by molar-refractivity contribution is 7.93. The summed E-state index contributed by atoms with van der Waals surface area (Å²) >= 11 is 0. The molecule has 9 heteroatoms. The van der Waals surface area contributed by atoms with Crippen LogP contribution in [0.4, 0.5) is 5.69 Å². The van der Waals surface area contributed by atoms with E-state index >= 15 is 0 Å². The molecule has 1 aliphatic carbocycles. The third-order valence-electron chi connectivity index (χ3n) is 5.76. The van der Waals surface area contributed by atoms with Gasteiger partial charge in [-0.2, -0.15) is 4.98 Å². The van der Waals surface area contributed by atoms with Gasteiger partial charge in [0.25, 0.3) is 10.0 Å². The predicted molar refractivity (Wildman–Crippen MR) is 106 cm³/mol. The number of nitrogens with one attached hydrogen (secondary N) is 1. The second-order valence-electron chi connectivity index (χ2n) is 7.62. The van der Waals surface area contributed by atoms with Gasteiger partial charge in [0.15, 0.2) is 5.82 Å². The quantitative estimate of drug-likeness (QED) is 0.706. The van der Waals surface area contributed by atoms with Crippen LogP contribution in [-0.2, 0) is 20.4 Å². The van der Waals surface area contributed by atoms with Crippen molar-refractivity contribution in [3.8, 4) is 0 Å². The number of sulfonamides is 1. The summed E-state index contributed by atoms with van der Waals surface area (Å²) in [6.07, 6.45) is 3.25. The topological polar surface area (TPSA) is 105 Å². The Hall–Kier alpha value is -2.94. The first kappa shape index (κ1) is 18.1. The zero-order chi connectivity index (χ0) is 20.2. The molecule has 0 atom stereocenters. The molecule has 0 bridgehead atoms. The average molecular weight is 412 g/mol. The number of rotatable bonds is 4. The molecule has 8 nitrogen and oxygen atoms in total. The lowest BCUT2D eigenvalue weighted by Gasteiger charge is -2.28. The molecule has 1 fully saturated rings. The molecule has 2 aromatic carbocycles. The largest absolute Gasteiger partial charge is 0.342 e. The summed E-state index contributed by atoms with van der Waals surface area (Å²) in [5, 5.41) is 8.52. The van der Waals surface area contributed by atoms with E-state index in [9.17, 15) is 13.2 Å². The zero-order valence-corrected chi connectivity index (χ0v) is 16.7. The molecular formula is C20H20N4O4S. The third-order valence-corrected chi connectivity index (χ3v) is 7.56. The van der Waals surface area contributed by atoms with Crippen molar-refractivity contribution < 1.29 is 17.7 Å². The maximum Gasteiger partial charge on any atom is 0.265 e. The summed E-state index contributed by atoms with van der Waals surface area (Å²) in [5.41, 5.74) is -0.180. The lowest BCUT2D eigenvalue weighted by molar-refractivity contribution is -0.121. The molecule has 1 aromatic heterocycles. The fourth-order valence-electron chi connectivity index (χ4n) is 4.44. The molecule has 0 unspecified atom stereocenters. The number of amides is 1. The van der Waals surface area contributed by atoms with Crippen molar-refractivity contribution in [1.29, 1.82) is 0 Å². The molecular weight excluding hydrogens is 392 g/mol. The number of aromatic nitrogens is 2. The van der Waals surface area contributed by atoms with E-state index in [1.807, 2.05) is 12.1 Å². The second kappa shape index (κ2) is 6.28. The summed E-state index contributed by atoms with van der Waals surface area (Å²) in [7, 11) is -3.78. The van der Waals surface area contributed by atoms with E-state index in [1.54, 1.807) is 31.2 Å². The molecule has 150 valence electrons. The molecule has 2 heterocycles. The van der Waals surface area contributed by atoms with E-state index in [0.717, 1.165) is 18.2 Å². The molecule has 1 N–H and O–H groups in total. The molecule has 0 radical (unpaired) electrons. The van der Waals surface area contributed by atoms with E-state index in [1.165, 1.54) is 4.31 Å². The van der Waals surface area contributed by atoms with Gasteiger partial charge in [-0.15, -0.1) is 0 Å². The number of carbonyl (C=O) groups is 1. The van der Waals surface area contributed by atoms with Crippen LogP contribution in [0.5, 0.6) is 0 Å². The monoisotopic (exact) mass is 412 g/mol. The molecule has 2 aliphatic rings. The molecule has 5 rings (SSSR count). The second-order valence-corrected chi connectivity index (χ2v) is 9.45. The van der Waals surface area contributed by atoms with Gasteiger partial charge in [-0.25, -0.2) is 8.42 Å². The van der Waals surface area contributed by atoms with E-state index in [0.29, 0.717) is 35.6 Å². The number of aryl methyl sites for hydroxylation is 1. The standard InChI is InChI=1S/C20H20N4O4S/c1-13-21-19(23-28-13)20(10-2-3-11-20)22-17(25)12-24-15-8-4-6-14-7-5-9-16(18(14)15)29(24,26)27/h4-9H,2-3,10-12H2,1H3,(H,22,25). The maximum absolute atomic E-state index is 13.1. The smallest absolute Gasteiger partial charge is 0.265 e. The van der Waals surface area contributed by atoms with Crippen LogP contribution in [0.15, 0.2) is 45.8 Å². The van der Waals surface area contributed by atoms with Crippen LogP contribution in [-0.4, -0.2) is 31.0 Å². The SMILES string of the molecule is Cc1nc(C2(NC(=O)CN3c4cccc5cccc(c45)S3(=O)=O)CCCC2)no1. The van der Waals surface area contributed by atoms with Crippen LogP contribution in [0, 0.1) is 6.92 Å². The first-order valence-electron chi connectivity index (χ1n) is 9.57. The first-order chi connectivity index (χ1) is 13.9. The summed E-state index contributed by atoms with van der Waals surface area (Å²) in [6.45, 7) is 1.41. The van der Waals surface area contributed by atoms with Gasteiger partial charge < -0.3 is 9.84 Å². The molecule has 29 heavy (non-hydrogen) atoms. The average Bonchev–Trinajstić information content (AvgIpc) is 3.39. The van der Waals surface area contributed by atoms with Crippen LogP contribution in [0.3, 0.4) is 0 Å². The number of hydrogen-bond donors (Lipinski definition) is 1. The van der Waals surface area contributed by atoms with Gasteiger partial charge in [0, 0.05) is 12.3 Å². The van der Waals surface area contributed by atoms with Crippen molar-refractivity contribution in [3.05, 3.63) is 48.1 Å². The fourth-order valence-corrected chi connectivity index (χ4v) is 6.11. The number of hydrogen-bond acceptors (Lipinski definition) is 6. The van der Waals surface area contributed by atoms with Gasteiger partial charge in [-0.05, 0) is 30.4 Å². The highest BCUT2D eigenvalue weighted by Gasteiger charge is 2.43. The van der Waals surface area contributed by atoms with E-state index < -0.39 is 15.6 Å². The Bertz CT molecular complexity index is 1220. The van der Waals surface area contributed by atoms with E-state index in [-0.39, 0.29) is 17.3 Å². The first-order valence-corrected chi connectivity index (χ1v) is 11.0. The zero-order valence-electron chi connectivity index (χ0n) is 15.9. The highest BCUT2D eigenvalue weighted by atomic mass is 32.2. The Kier molecular flexibility index (Phi) is 3.92. The van der Waals surface area contributed by atoms with Gasteiger partial charge in [-0.1, -0.05) is 42.3 Å². The Morgan fingerprint density at radius 1 is 1.21 bits per heavy atom. The number of anilines is 1. The number of nitrogens with zero attached hydrogens (tertiary/aromatic N) is 3. The fraction of sp³-hybridized carbons (Fsp3) is 0.350. The van der Waals surface area contributed by atoms with Crippen molar-refractivity contribution in [2.75, 3.05) is 10.8 Å². The third kappa shape index (κ3) is 2.71. The Labute approximate surface area is 167 Å². The van der Waals surface area contributed by atoms with Gasteiger partial charge in [-0.3, -0.25) is 9.10 Å². The van der Waals surface area contributed by atoms with Crippen LogP contribution in [0.2, 0.25) is 0 Å². The lowest BCUT2D eigenvalue weighted by Crippen LogP contribution is -2.49. The lowest BCUT2D eigenvalue weighted by atomic mass is 9.96. The Morgan fingerprint density at radius 3 is 2.62 bits per heavy atom. The summed E-state index contributed by atoms with van der Waals surface area (Å²) in [4.78, 5) is 17.6. The minimum Gasteiger partial charge on any atom is -0.342 e. The van der Waals surface area contributed by atoms with Crippen molar-refractivity contribution in [2.45, 2.75) is 43.0 Å². The van der Waals surface area contributed by atoms with Gasteiger partial charge in [0.1, 0.15) is 12.1 Å². The number of carbonyl (C=O) groups excluding carboxylic acids is 1. The van der Waals surface area contributed by atoms with Crippen LogP contribution < -0.4 is 9.62 Å². The molecule has 1 amide bonds. The van der Waals surface area contributed by atoms with Gasteiger partial charge in [0.2, 0.25) is 11.8 Å². The summed E-state index contributed by atoms with van der Waals surface area (Å²) < 4.78 is 32.5. The normalized spacial score (nSPS) is 19.0. The predicted octanol–water partition coefficient (Wildman–Crippen LogP) is 2.63. The van der Waals surface area contributed by atoms with Crippen molar-refractivity contribution in [3.63, 3.8) is 0 Å². The van der Waals surface area contributed by atoms with Crippen LogP contribution in [0.1, 0.15) is 37.4 Å². The Morgan fingerprint density at radius 2 is 1.93 bits per heavy atom. The van der Waals surface area contributed by atoms with Crippen molar-refractivity contribution >= 4 is 32.4 Å². The highest BCUT2D eigenvalue weighted by Crippen LogP contribution is 2.42. The van der Waals surface area contributed by atoms with Crippen LogP contribution in [0.25, 0.3) is 10.8 Å². The molecule has 3 aromatic rings. The molecule has 0 saturated heterocycles. The molecule has 0 spiro atoms. The van der Waals surface area contributed by atoms with Gasteiger partial charge in [0.05, 0.1) is 10.6 Å². The van der Waals surface area contributed by atoms with Crippen LogP contribution >= 0.6 is 0 Å². The maximum atomic E-state index is 13.1. The summed E-state index contributed by atoms with van der Waals surface area (Å²) in [5.74, 6) is 0.503. The Balaban J connectivity index is 1.46. The van der Waals surface area contributed by atoms with E-state index in [4.69, 9.17) is 4.52 Å². The van der Waals surface area contributed by atoms with E-state index in [2.05, 4.69) is 15.5 Å². The van der Waals surface area contributed by atoms with Crippen molar-refractivity contribution in [1.82, 2.24) is 15.5 Å². The van der Waals surface area contributed by atoms with Crippen molar-refractivity contribution in [2.24, 2.45) is 0 Å². The molecule has 1 saturated carbocycles. The number of benzene rings is 2. The molecule has 1 aliphatic heterocycles. The summed E-state index contributed by atoms with van der Waals surface area (Å²) in [6, 6.07) is 10.6. The minimum absolute atomic E-state index is 0.239. The van der Waals surface area contributed by atoms with Gasteiger partial charge >= 0.3 is 0 Å². The minimum atomic E-state index is -3.78.